The Labute approximate surface area is 109 Å². The molecule has 4 nitrogen and oxygen atoms in total. The normalized spacial score (nSPS) is 10.2. The van der Waals surface area contributed by atoms with Crippen LogP contribution in [0.25, 0.3) is 0 Å². The lowest BCUT2D eigenvalue weighted by Crippen LogP contribution is -2.22. The standard InChI is InChI=1S/C12H13BrN4/c1-17(12-15-8-10(13)9-16-12)7-5-11-4-2-3-6-14-11/h2-4,6,8-9H,5,7H2,1H3. The Morgan fingerprint density at radius 2 is 1.94 bits per heavy atom. The molecule has 2 rings (SSSR count). The molecular formula is C12H13BrN4. The number of halogens is 1. The number of nitrogens with zero attached hydrogens (tertiary/aromatic N) is 4. The van der Waals surface area contributed by atoms with Crippen molar-refractivity contribution in [1.29, 1.82) is 0 Å². The van der Waals surface area contributed by atoms with Gasteiger partial charge in [-0.15, -0.1) is 0 Å². The lowest BCUT2D eigenvalue weighted by Gasteiger charge is -2.16. The maximum Gasteiger partial charge on any atom is 0.225 e. The molecule has 2 aromatic heterocycles. The Morgan fingerprint density at radius 1 is 1.18 bits per heavy atom. The fraction of sp³-hybridized carbons (Fsp3) is 0.250. The van der Waals surface area contributed by atoms with E-state index in [1.807, 2.05) is 36.3 Å². The molecule has 0 saturated carbocycles. The molecule has 17 heavy (non-hydrogen) atoms. The van der Waals surface area contributed by atoms with Crippen LogP contribution in [0.1, 0.15) is 5.69 Å². The molecule has 0 amide bonds. The Kier molecular flexibility index (Phi) is 4.03. The minimum absolute atomic E-state index is 0.726. The van der Waals surface area contributed by atoms with Crippen LogP contribution < -0.4 is 4.90 Å². The average molecular weight is 293 g/mol. The molecule has 2 heterocycles. The number of anilines is 1. The van der Waals surface area contributed by atoms with Gasteiger partial charge in [-0.3, -0.25) is 4.98 Å². The Bertz CT molecular complexity index is 458. The summed E-state index contributed by atoms with van der Waals surface area (Å²) in [6.07, 6.45) is 6.20. The van der Waals surface area contributed by atoms with E-state index in [1.54, 1.807) is 12.4 Å². The van der Waals surface area contributed by atoms with Crippen LogP contribution >= 0.6 is 15.9 Å². The van der Waals surface area contributed by atoms with Crippen molar-refractivity contribution in [2.24, 2.45) is 0 Å². The molecule has 0 aliphatic rings. The molecular weight excluding hydrogens is 280 g/mol. The minimum atomic E-state index is 0.726. The third-order valence-electron chi connectivity index (χ3n) is 2.38. The second-order valence-electron chi connectivity index (χ2n) is 3.69. The first-order valence-corrected chi connectivity index (χ1v) is 6.13. The average Bonchev–Trinajstić information content (AvgIpc) is 2.38. The third kappa shape index (κ3) is 3.49. The van der Waals surface area contributed by atoms with E-state index in [0.29, 0.717) is 0 Å². The van der Waals surface area contributed by atoms with Crippen LogP contribution in [-0.4, -0.2) is 28.5 Å². The Balaban J connectivity index is 1.93. The molecule has 0 N–H and O–H groups in total. The van der Waals surface area contributed by atoms with Crippen molar-refractivity contribution in [1.82, 2.24) is 15.0 Å². The topological polar surface area (TPSA) is 41.9 Å². The highest BCUT2D eigenvalue weighted by Gasteiger charge is 2.04. The predicted molar refractivity (Wildman–Crippen MR) is 70.9 cm³/mol. The number of likely N-dealkylation sites (N-methyl/N-ethyl adjacent to an activating group) is 1. The Morgan fingerprint density at radius 3 is 2.59 bits per heavy atom. The molecule has 0 aromatic carbocycles. The van der Waals surface area contributed by atoms with Gasteiger partial charge >= 0.3 is 0 Å². The highest BCUT2D eigenvalue weighted by Crippen LogP contribution is 2.10. The van der Waals surface area contributed by atoms with E-state index in [0.717, 1.165) is 29.1 Å². The molecule has 2 aromatic rings. The fourth-order valence-corrected chi connectivity index (χ4v) is 1.64. The van der Waals surface area contributed by atoms with Crippen molar-refractivity contribution in [3.63, 3.8) is 0 Å². The summed E-state index contributed by atoms with van der Waals surface area (Å²) in [4.78, 5) is 14.8. The lowest BCUT2D eigenvalue weighted by molar-refractivity contribution is 0.820. The van der Waals surface area contributed by atoms with Gasteiger partial charge in [0.05, 0.1) is 4.47 Å². The highest BCUT2D eigenvalue weighted by atomic mass is 79.9. The SMILES string of the molecule is CN(CCc1ccccn1)c1ncc(Br)cn1. The summed E-state index contributed by atoms with van der Waals surface area (Å²) in [6, 6.07) is 5.94. The van der Waals surface area contributed by atoms with Crippen molar-refractivity contribution in [3.05, 3.63) is 47.0 Å². The van der Waals surface area contributed by atoms with Crippen molar-refractivity contribution in [2.45, 2.75) is 6.42 Å². The van der Waals surface area contributed by atoms with Gasteiger partial charge < -0.3 is 4.90 Å². The van der Waals surface area contributed by atoms with Crippen LogP contribution in [0.2, 0.25) is 0 Å². The van der Waals surface area contributed by atoms with Gasteiger partial charge in [-0.05, 0) is 28.1 Å². The van der Waals surface area contributed by atoms with Gasteiger partial charge in [-0.1, -0.05) is 6.07 Å². The molecule has 0 radical (unpaired) electrons. The van der Waals surface area contributed by atoms with E-state index in [-0.39, 0.29) is 0 Å². The van der Waals surface area contributed by atoms with Crippen molar-refractivity contribution in [3.8, 4) is 0 Å². The number of rotatable bonds is 4. The monoisotopic (exact) mass is 292 g/mol. The second kappa shape index (κ2) is 5.72. The summed E-state index contributed by atoms with van der Waals surface area (Å²) in [6.45, 7) is 0.846. The summed E-state index contributed by atoms with van der Waals surface area (Å²) in [5.74, 6) is 0.726. The van der Waals surface area contributed by atoms with Crippen LogP contribution in [0, 0.1) is 0 Å². The Hall–Kier alpha value is -1.49. The van der Waals surface area contributed by atoms with Gasteiger partial charge in [0, 0.05) is 44.3 Å². The molecule has 0 saturated heterocycles. The van der Waals surface area contributed by atoms with E-state index in [1.165, 1.54) is 0 Å². The molecule has 0 aliphatic carbocycles. The van der Waals surface area contributed by atoms with Crippen LogP contribution in [0.15, 0.2) is 41.3 Å². The summed E-state index contributed by atoms with van der Waals surface area (Å²) in [5, 5.41) is 0. The fourth-order valence-electron chi connectivity index (χ4n) is 1.43. The molecule has 5 heteroatoms. The number of hydrogen-bond acceptors (Lipinski definition) is 4. The summed E-state index contributed by atoms with van der Waals surface area (Å²) >= 11 is 3.32. The van der Waals surface area contributed by atoms with Crippen molar-refractivity contribution in [2.75, 3.05) is 18.5 Å². The second-order valence-corrected chi connectivity index (χ2v) is 4.61. The molecule has 0 bridgehead atoms. The lowest BCUT2D eigenvalue weighted by atomic mass is 10.2. The van der Waals surface area contributed by atoms with E-state index in [9.17, 15) is 0 Å². The van der Waals surface area contributed by atoms with Gasteiger partial charge in [0.2, 0.25) is 5.95 Å². The first-order chi connectivity index (χ1) is 8.25. The summed E-state index contributed by atoms with van der Waals surface area (Å²) < 4.78 is 0.888. The zero-order chi connectivity index (χ0) is 12.1. The molecule has 88 valence electrons. The zero-order valence-corrected chi connectivity index (χ0v) is 11.1. The van der Waals surface area contributed by atoms with E-state index in [2.05, 4.69) is 30.9 Å². The summed E-state index contributed by atoms with van der Waals surface area (Å²) in [5.41, 5.74) is 1.08. The van der Waals surface area contributed by atoms with Crippen molar-refractivity contribution >= 4 is 21.9 Å². The molecule has 0 spiro atoms. The smallest absolute Gasteiger partial charge is 0.225 e. The van der Waals surface area contributed by atoms with E-state index >= 15 is 0 Å². The molecule has 0 fully saturated rings. The van der Waals surface area contributed by atoms with Crippen LogP contribution in [0.4, 0.5) is 5.95 Å². The highest BCUT2D eigenvalue weighted by molar-refractivity contribution is 9.10. The van der Waals surface area contributed by atoms with Crippen LogP contribution in [0.3, 0.4) is 0 Å². The zero-order valence-electron chi connectivity index (χ0n) is 9.55. The quantitative estimate of drug-likeness (QED) is 0.867. The maximum absolute atomic E-state index is 4.28. The van der Waals surface area contributed by atoms with Gasteiger partial charge in [-0.25, -0.2) is 9.97 Å². The van der Waals surface area contributed by atoms with Crippen LogP contribution in [0.5, 0.6) is 0 Å². The number of pyridine rings is 1. The predicted octanol–water partition coefficient (Wildman–Crippen LogP) is 2.31. The molecule has 0 aliphatic heterocycles. The van der Waals surface area contributed by atoms with Crippen LogP contribution in [-0.2, 0) is 6.42 Å². The van der Waals surface area contributed by atoms with Gasteiger partial charge in [0.25, 0.3) is 0 Å². The number of hydrogen-bond donors (Lipinski definition) is 0. The summed E-state index contributed by atoms with van der Waals surface area (Å²) in [7, 11) is 1.98. The molecule has 0 unspecified atom stereocenters. The van der Waals surface area contributed by atoms with E-state index < -0.39 is 0 Å². The van der Waals surface area contributed by atoms with E-state index in [4.69, 9.17) is 0 Å². The first kappa shape index (κ1) is 12.0. The molecule has 0 atom stereocenters. The van der Waals surface area contributed by atoms with Gasteiger partial charge in [0.1, 0.15) is 0 Å². The largest absolute Gasteiger partial charge is 0.343 e. The maximum atomic E-state index is 4.28. The third-order valence-corrected chi connectivity index (χ3v) is 2.79. The minimum Gasteiger partial charge on any atom is -0.343 e. The van der Waals surface area contributed by atoms with Crippen molar-refractivity contribution < 1.29 is 0 Å². The first-order valence-electron chi connectivity index (χ1n) is 5.34. The number of aromatic nitrogens is 3. The van der Waals surface area contributed by atoms with Gasteiger partial charge in [0.15, 0.2) is 0 Å². The van der Waals surface area contributed by atoms with Gasteiger partial charge in [-0.2, -0.15) is 0 Å².